The van der Waals surface area contributed by atoms with Gasteiger partial charge in [0.2, 0.25) is 0 Å². The summed E-state index contributed by atoms with van der Waals surface area (Å²) in [6.07, 6.45) is 4.36. The van der Waals surface area contributed by atoms with Crippen LogP contribution in [0.1, 0.15) is 24.1 Å². The van der Waals surface area contributed by atoms with Crippen molar-refractivity contribution >= 4 is 15.9 Å². The van der Waals surface area contributed by atoms with Crippen molar-refractivity contribution < 1.29 is 4.39 Å². The molecule has 0 saturated carbocycles. The highest BCUT2D eigenvalue weighted by Crippen LogP contribution is 2.27. The molecule has 1 aromatic carbocycles. The van der Waals surface area contributed by atoms with Gasteiger partial charge in [-0.15, -0.1) is 0 Å². The summed E-state index contributed by atoms with van der Waals surface area (Å²) in [6.45, 7) is 2.88. The number of aromatic nitrogens is 1. The van der Waals surface area contributed by atoms with Crippen molar-refractivity contribution in [2.45, 2.75) is 19.4 Å². The van der Waals surface area contributed by atoms with E-state index in [-0.39, 0.29) is 11.9 Å². The lowest BCUT2D eigenvalue weighted by atomic mass is 9.99. The number of rotatable bonds is 5. The van der Waals surface area contributed by atoms with Gasteiger partial charge in [0.1, 0.15) is 5.82 Å². The Labute approximate surface area is 121 Å². The van der Waals surface area contributed by atoms with Gasteiger partial charge >= 0.3 is 0 Å². The van der Waals surface area contributed by atoms with Crippen molar-refractivity contribution in [3.63, 3.8) is 0 Å². The Morgan fingerprint density at radius 2 is 2.00 bits per heavy atom. The highest BCUT2D eigenvalue weighted by Gasteiger charge is 2.15. The van der Waals surface area contributed by atoms with Gasteiger partial charge in [-0.05, 0) is 54.4 Å². The first-order chi connectivity index (χ1) is 9.20. The second kappa shape index (κ2) is 6.78. The molecule has 1 N–H and O–H groups in total. The zero-order valence-electron chi connectivity index (χ0n) is 10.7. The van der Waals surface area contributed by atoms with Gasteiger partial charge < -0.3 is 5.32 Å². The summed E-state index contributed by atoms with van der Waals surface area (Å²) in [4.78, 5) is 4.01. The van der Waals surface area contributed by atoms with Crippen molar-refractivity contribution in [2.24, 2.45) is 0 Å². The second-order valence-corrected chi connectivity index (χ2v) is 5.19. The van der Waals surface area contributed by atoms with E-state index in [1.54, 1.807) is 24.5 Å². The normalized spacial score (nSPS) is 12.4. The van der Waals surface area contributed by atoms with E-state index in [1.165, 1.54) is 11.6 Å². The summed E-state index contributed by atoms with van der Waals surface area (Å²) >= 11 is 3.50. The summed E-state index contributed by atoms with van der Waals surface area (Å²) in [7, 11) is 0. The number of hydrogen-bond donors (Lipinski definition) is 1. The van der Waals surface area contributed by atoms with Gasteiger partial charge in [-0.3, -0.25) is 4.98 Å². The van der Waals surface area contributed by atoms with Gasteiger partial charge in [0.05, 0.1) is 0 Å². The highest BCUT2D eigenvalue weighted by molar-refractivity contribution is 9.10. The quantitative estimate of drug-likeness (QED) is 0.903. The zero-order chi connectivity index (χ0) is 13.7. The minimum Gasteiger partial charge on any atom is -0.310 e. The monoisotopic (exact) mass is 322 g/mol. The summed E-state index contributed by atoms with van der Waals surface area (Å²) in [5, 5.41) is 3.40. The molecule has 0 aliphatic heterocycles. The molecule has 1 heterocycles. The van der Waals surface area contributed by atoms with Crippen LogP contribution in [0.15, 0.2) is 47.2 Å². The summed E-state index contributed by atoms with van der Waals surface area (Å²) in [6, 6.07) is 8.84. The van der Waals surface area contributed by atoms with E-state index in [1.807, 2.05) is 19.1 Å². The van der Waals surface area contributed by atoms with E-state index < -0.39 is 0 Å². The van der Waals surface area contributed by atoms with E-state index in [2.05, 4.69) is 26.2 Å². The Bertz CT molecular complexity index is 531. The van der Waals surface area contributed by atoms with Gasteiger partial charge in [-0.2, -0.15) is 0 Å². The maximum atomic E-state index is 13.4. The number of benzene rings is 1. The molecule has 2 nitrogen and oxygen atoms in total. The standard InChI is InChI=1S/C15H16BrFN2/c1-2-19-15(9-11-5-7-18-8-6-11)13-10-12(17)3-4-14(13)16/h3-8,10,15,19H,2,9H2,1H3. The molecule has 0 bridgehead atoms. The van der Waals surface area contributed by atoms with Crippen LogP contribution < -0.4 is 5.32 Å². The topological polar surface area (TPSA) is 24.9 Å². The summed E-state index contributed by atoms with van der Waals surface area (Å²) in [5.74, 6) is -0.212. The third-order valence-electron chi connectivity index (χ3n) is 2.97. The molecule has 0 saturated heterocycles. The maximum absolute atomic E-state index is 13.4. The molecule has 0 radical (unpaired) electrons. The molecular weight excluding hydrogens is 307 g/mol. The predicted octanol–water partition coefficient (Wildman–Crippen LogP) is 3.88. The van der Waals surface area contributed by atoms with Crippen LogP contribution in [-0.4, -0.2) is 11.5 Å². The van der Waals surface area contributed by atoms with Crippen LogP contribution in [0.2, 0.25) is 0 Å². The van der Waals surface area contributed by atoms with Crippen LogP contribution in [0.3, 0.4) is 0 Å². The van der Waals surface area contributed by atoms with Gasteiger partial charge in [0, 0.05) is 22.9 Å². The van der Waals surface area contributed by atoms with Crippen LogP contribution in [0.4, 0.5) is 4.39 Å². The molecule has 0 fully saturated rings. The van der Waals surface area contributed by atoms with Crippen molar-refractivity contribution in [1.29, 1.82) is 0 Å². The largest absolute Gasteiger partial charge is 0.310 e. The van der Waals surface area contributed by atoms with Crippen LogP contribution in [0.5, 0.6) is 0 Å². The first kappa shape index (κ1) is 14.2. The summed E-state index contributed by atoms with van der Waals surface area (Å²) < 4.78 is 14.4. The highest BCUT2D eigenvalue weighted by atomic mass is 79.9. The molecule has 2 rings (SSSR count). The van der Waals surface area contributed by atoms with Crippen molar-refractivity contribution in [3.8, 4) is 0 Å². The number of pyridine rings is 1. The van der Waals surface area contributed by atoms with Crippen molar-refractivity contribution in [3.05, 3.63) is 64.1 Å². The van der Waals surface area contributed by atoms with E-state index in [0.717, 1.165) is 23.0 Å². The van der Waals surface area contributed by atoms with Gasteiger partial charge in [-0.1, -0.05) is 22.9 Å². The number of nitrogens with one attached hydrogen (secondary N) is 1. The fourth-order valence-electron chi connectivity index (χ4n) is 2.07. The lowest BCUT2D eigenvalue weighted by Crippen LogP contribution is -2.23. The average molecular weight is 323 g/mol. The Balaban J connectivity index is 2.27. The van der Waals surface area contributed by atoms with Crippen LogP contribution in [0.25, 0.3) is 0 Å². The van der Waals surface area contributed by atoms with Crippen LogP contribution in [-0.2, 0) is 6.42 Å². The van der Waals surface area contributed by atoms with Gasteiger partial charge in [0.25, 0.3) is 0 Å². The SMILES string of the molecule is CCNC(Cc1ccncc1)c1cc(F)ccc1Br. The Morgan fingerprint density at radius 3 is 2.68 bits per heavy atom. The molecule has 1 unspecified atom stereocenters. The second-order valence-electron chi connectivity index (χ2n) is 4.34. The molecule has 0 aliphatic carbocycles. The molecule has 100 valence electrons. The number of nitrogens with zero attached hydrogens (tertiary/aromatic N) is 1. The predicted molar refractivity (Wildman–Crippen MR) is 78.5 cm³/mol. The smallest absolute Gasteiger partial charge is 0.123 e. The van der Waals surface area contributed by atoms with Crippen molar-refractivity contribution in [2.75, 3.05) is 6.54 Å². The molecule has 2 aromatic rings. The minimum absolute atomic E-state index is 0.0810. The Hall–Kier alpha value is -1.26. The third kappa shape index (κ3) is 3.85. The van der Waals surface area contributed by atoms with E-state index >= 15 is 0 Å². The van der Waals surface area contributed by atoms with Crippen LogP contribution in [0, 0.1) is 5.82 Å². The Kier molecular flexibility index (Phi) is 5.05. The average Bonchev–Trinajstić information content (AvgIpc) is 2.42. The maximum Gasteiger partial charge on any atom is 0.123 e. The fraction of sp³-hybridized carbons (Fsp3) is 0.267. The number of halogens is 2. The third-order valence-corrected chi connectivity index (χ3v) is 3.70. The lowest BCUT2D eigenvalue weighted by Gasteiger charge is -2.20. The first-order valence-electron chi connectivity index (χ1n) is 6.28. The zero-order valence-corrected chi connectivity index (χ0v) is 12.3. The fourth-order valence-corrected chi connectivity index (χ4v) is 2.60. The summed E-state index contributed by atoms with van der Waals surface area (Å²) in [5.41, 5.74) is 2.12. The number of likely N-dealkylation sites (N-methyl/N-ethyl adjacent to an activating group) is 1. The molecular formula is C15H16BrFN2. The van der Waals surface area contributed by atoms with Gasteiger partial charge in [-0.25, -0.2) is 4.39 Å². The molecule has 19 heavy (non-hydrogen) atoms. The molecule has 1 atom stereocenters. The first-order valence-corrected chi connectivity index (χ1v) is 7.07. The number of hydrogen-bond acceptors (Lipinski definition) is 2. The Morgan fingerprint density at radius 1 is 1.26 bits per heavy atom. The minimum atomic E-state index is -0.212. The van der Waals surface area contributed by atoms with Crippen LogP contribution >= 0.6 is 15.9 Å². The molecule has 1 aromatic heterocycles. The molecule has 0 aliphatic rings. The van der Waals surface area contributed by atoms with E-state index in [4.69, 9.17) is 0 Å². The van der Waals surface area contributed by atoms with Gasteiger partial charge in [0.15, 0.2) is 0 Å². The molecule has 4 heteroatoms. The lowest BCUT2D eigenvalue weighted by molar-refractivity contribution is 0.540. The van der Waals surface area contributed by atoms with Crippen molar-refractivity contribution in [1.82, 2.24) is 10.3 Å². The molecule has 0 amide bonds. The molecule has 0 spiro atoms. The van der Waals surface area contributed by atoms with E-state index in [9.17, 15) is 4.39 Å². The van der Waals surface area contributed by atoms with E-state index in [0.29, 0.717) is 0 Å².